The Kier molecular flexibility index (Phi) is 9.01. The van der Waals surface area contributed by atoms with E-state index in [4.69, 9.17) is 4.98 Å². The Morgan fingerprint density at radius 2 is 1.54 bits per heavy atom. The average molecular weight is 641 g/mol. The Hall–Kier alpha value is -3.68. The summed E-state index contributed by atoms with van der Waals surface area (Å²) in [4.78, 5) is 35.0. The third kappa shape index (κ3) is 5.73. The summed E-state index contributed by atoms with van der Waals surface area (Å²) >= 11 is 0. The number of benzene rings is 3. The topological polar surface area (TPSA) is 78.7 Å². The summed E-state index contributed by atoms with van der Waals surface area (Å²) in [6.45, 7) is 8.48. The highest BCUT2D eigenvalue weighted by atomic mass is 35.5. The molecule has 4 heterocycles. The Bertz CT molecular complexity index is 1740. The van der Waals surface area contributed by atoms with Crippen LogP contribution < -0.4 is 0 Å². The number of carbonyl (C=O) groups excluding carboxylic acids is 1. The van der Waals surface area contributed by atoms with Crippen LogP contribution in [0.25, 0.3) is 11.0 Å². The molecule has 3 aliphatic heterocycles. The van der Waals surface area contributed by atoms with E-state index in [1.807, 2.05) is 4.90 Å². The summed E-state index contributed by atoms with van der Waals surface area (Å²) < 4.78 is 2.51. The van der Waals surface area contributed by atoms with Gasteiger partial charge in [-0.25, -0.2) is 9.78 Å². The lowest BCUT2D eigenvalue weighted by atomic mass is 9.69. The zero-order valence-electron chi connectivity index (χ0n) is 27.1. The van der Waals surface area contributed by atoms with Gasteiger partial charge in [0.05, 0.1) is 16.6 Å². The van der Waals surface area contributed by atoms with E-state index in [2.05, 4.69) is 71.8 Å². The van der Waals surface area contributed by atoms with Gasteiger partial charge in [-0.15, -0.1) is 12.4 Å². The van der Waals surface area contributed by atoms with E-state index in [0.717, 1.165) is 37.1 Å². The van der Waals surface area contributed by atoms with Crippen LogP contribution in [0.3, 0.4) is 0 Å². The summed E-state index contributed by atoms with van der Waals surface area (Å²) in [7, 11) is 0. The second kappa shape index (κ2) is 12.8. The van der Waals surface area contributed by atoms with Crippen molar-refractivity contribution in [1.82, 2.24) is 19.4 Å². The van der Waals surface area contributed by atoms with Crippen LogP contribution in [0.4, 0.5) is 0 Å². The molecule has 3 fully saturated rings. The Balaban J connectivity index is 0.00000372. The molecule has 2 bridgehead atoms. The molecular weight excluding hydrogens is 596 g/mol. The molecule has 3 atom stereocenters. The molecular formula is C38H45ClN4O3. The third-order valence-electron chi connectivity index (χ3n) is 11.3. The number of likely N-dealkylation sites (tertiary alicyclic amines) is 1. The molecule has 0 aliphatic carbocycles. The summed E-state index contributed by atoms with van der Waals surface area (Å²) in [6, 6.07) is 24.2. The summed E-state index contributed by atoms with van der Waals surface area (Å²) in [5.41, 5.74) is 6.27. The number of aromatic nitrogens is 2. The number of carboxylic acid groups (broad SMARTS) is 1. The van der Waals surface area contributed by atoms with Gasteiger partial charge in [0, 0.05) is 36.8 Å². The van der Waals surface area contributed by atoms with E-state index in [-0.39, 0.29) is 29.3 Å². The van der Waals surface area contributed by atoms with Crippen molar-refractivity contribution in [2.45, 2.75) is 89.3 Å². The van der Waals surface area contributed by atoms with Gasteiger partial charge in [0.1, 0.15) is 5.82 Å². The van der Waals surface area contributed by atoms with E-state index in [9.17, 15) is 14.7 Å². The van der Waals surface area contributed by atoms with Crippen LogP contribution in [0, 0.1) is 20.8 Å². The highest BCUT2D eigenvalue weighted by Gasteiger charge is 2.44. The molecule has 3 aromatic carbocycles. The molecule has 1 unspecified atom stereocenters. The van der Waals surface area contributed by atoms with Gasteiger partial charge in [-0.2, -0.15) is 0 Å². The summed E-state index contributed by atoms with van der Waals surface area (Å²) in [6.07, 6.45) is 7.77. The standard InChI is InChI=1S/C38H44N4O3.ClH/c1-25-8-6-9-28(22-25)38(16-19-40(20-17-38)36(43)32-10-7-11-33(26(32)2)37(44)45)18-21-41-29-14-15-30(41)24-31(23-29)42-27(3)39-34-12-4-5-13-35(34)42;/h4-13,22,29-31H,14-21,23-24H2,1-3H3,(H,44,45);1H/t29-,30+,31?;. The number of aromatic carboxylic acids is 1. The number of imidazole rings is 1. The number of rotatable bonds is 7. The third-order valence-corrected chi connectivity index (χ3v) is 11.3. The number of carbonyl (C=O) groups is 2. The number of para-hydroxylation sites is 2. The minimum atomic E-state index is -0.995. The van der Waals surface area contributed by atoms with Gasteiger partial charge in [-0.05, 0) is 113 Å². The lowest BCUT2D eigenvalue weighted by Crippen LogP contribution is -2.49. The predicted octanol–water partition coefficient (Wildman–Crippen LogP) is 7.51. The fourth-order valence-corrected chi connectivity index (χ4v) is 8.86. The lowest BCUT2D eigenvalue weighted by molar-refractivity contribution is 0.0606. The fourth-order valence-electron chi connectivity index (χ4n) is 8.86. The van der Waals surface area contributed by atoms with E-state index < -0.39 is 5.97 Å². The molecule has 7 rings (SSSR count). The van der Waals surface area contributed by atoms with E-state index >= 15 is 0 Å². The molecule has 3 aliphatic rings. The molecule has 46 heavy (non-hydrogen) atoms. The van der Waals surface area contributed by atoms with Gasteiger partial charge in [-0.1, -0.05) is 48.0 Å². The zero-order chi connectivity index (χ0) is 31.3. The van der Waals surface area contributed by atoms with Crippen LogP contribution >= 0.6 is 12.4 Å². The number of aryl methyl sites for hydroxylation is 2. The van der Waals surface area contributed by atoms with Gasteiger partial charge < -0.3 is 14.6 Å². The first kappa shape index (κ1) is 32.3. The predicted molar refractivity (Wildman–Crippen MR) is 184 cm³/mol. The normalized spacial score (nSPS) is 22.5. The highest BCUT2D eigenvalue weighted by Crippen LogP contribution is 2.45. The van der Waals surface area contributed by atoms with Crippen LogP contribution in [0.2, 0.25) is 0 Å². The van der Waals surface area contributed by atoms with Crippen molar-refractivity contribution in [2.24, 2.45) is 0 Å². The summed E-state index contributed by atoms with van der Waals surface area (Å²) in [5, 5.41) is 9.59. The maximum Gasteiger partial charge on any atom is 0.335 e. The Morgan fingerprint density at radius 1 is 0.870 bits per heavy atom. The van der Waals surface area contributed by atoms with Gasteiger partial charge in [-0.3, -0.25) is 9.69 Å². The van der Waals surface area contributed by atoms with Gasteiger partial charge in [0.25, 0.3) is 5.91 Å². The largest absolute Gasteiger partial charge is 0.478 e. The van der Waals surface area contributed by atoms with Crippen molar-refractivity contribution in [3.8, 4) is 0 Å². The minimum Gasteiger partial charge on any atom is -0.478 e. The smallest absolute Gasteiger partial charge is 0.335 e. The minimum absolute atomic E-state index is 0. The maximum absolute atomic E-state index is 13.6. The first-order valence-corrected chi connectivity index (χ1v) is 16.6. The number of hydrogen-bond donors (Lipinski definition) is 1. The number of halogens is 1. The molecule has 1 N–H and O–H groups in total. The van der Waals surface area contributed by atoms with E-state index in [1.54, 1.807) is 25.1 Å². The highest BCUT2D eigenvalue weighted by molar-refractivity contribution is 6.00. The number of amides is 1. The van der Waals surface area contributed by atoms with Crippen molar-refractivity contribution >= 4 is 35.3 Å². The first-order valence-electron chi connectivity index (χ1n) is 16.6. The number of fused-ring (bicyclic) bond motifs is 3. The zero-order valence-corrected chi connectivity index (χ0v) is 27.9. The molecule has 0 radical (unpaired) electrons. The average Bonchev–Trinajstić information content (AvgIpc) is 3.50. The molecule has 0 spiro atoms. The number of nitrogens with zero attached hydrogens (tertiary/aromatic N) is 4. The maximum atomic E-state index is 13.6. The SMILES string of the molecule is Cc1cccc(C2(CCN3[C@@H]4CC[C@H]3CC(n3c(C)nc5ccccc53)C4)CCN(C(=O)c3cccc(C(=O)O)c3C)CC2)c1.Cl. The van der Waals surface area contributed by atoms with Crippen molar-refractivity contribution < 1.29 is 14.7 Å². The van der Waals surface area contributed by atoms with Gasteiger partial charge >= 0.3 is 5.97 Å². The Morgan fingerprint density at radius 3 is 2.24 bits per heavy atom. The molecule has 7 nitrogen and oxygen atoms in total. The molecule has 242 valence electrons. The van der Waals surface area contributed by atoms with Crippen molar-refractivity contribution in [1.29, 1.82) is 0 Å². The number of hydrogen-bond acceptors (Lipinski definition) is 4. The van der Waals surface area contributed by atoms with Crippen molar-refractivity contribution in [3.05, 3.63) is 100 Å². The van der Waals surface area contributed by atoms with Crippen molar-refractivity contribution in [3.63, 3.8) is 0 Å². The van der Waals surface area contributed by atoms with Gasteiger partial charge in [0.2, 0.25) is 0 Å². The second-order valence-corrected chi connectivity index (χ2v) is 13.7. The molecule has 0 saturated carbocycles. The van der Waals surface area contributed by atoms with Crippen LogP contribution in [-0.4, -0.2) is 68.1 Å². The number of carboxylic acids is 1. The number of piperidine rings is 2. The second-order valence-electron chi connectivity index (χ2n) is 13.7. The van der Waals surface area contributed by atoms with Crippen LogP contribution in [0.5, 0.6) is 0 Å². The molecule has 3 saturated heterocycles. The summed E-state index contributed by atoms with van der Waals surface area (Å²) in [5.74, 6) is 0.0697. The fraction of sp³-hybridized carbons (Fsp3) is 0.447. The van der Waals surface area contributed by atoms with Crippen LogP contribution in [0.15, 0.2) is 66.7 Å². The monoisotopic (exact) mass is 640 g/mol. The Labute approximate surface area is 278 Å². The molecule has 1 amide bonds. The molecule has 8 heteroatoms. The quantitative estimate of drug-likeness (QED) is 0.226. The first-order chi connectivity index (χ1) is 21.7. The molecule has 1 aromatic heterocycles. The van der Waals surface area contributed by atoms with E-state index in [0.29, 0.717) is 42.3 Å². The van der Waals surface area contributed by atoms with E-state index in [1.165, 1.54) is 42.3 Å². The van der Waals surface area contributed by atoms with Crippen molar-refractivity contribution in [2.75, 3.05) is 19.6 Å². The lowest BCUT2D eigenvalue weighted by Gasteiger charge is -2.46. The van der Waals surface area contributed by atoms with Gasteiger partial charge in [0.15, 0.2) is 0 Å². The van der Waals surface area contributed by atoms with Crippen LogP contribution in [0.1, 0.15) is 94.2 Å². The molecule has 4 aromatic rings. The van der Waals surface area contributed by atoms with Crippen LogP contribution in [-0.2, 0) is 5.41 Å².